The van der Waals surface area contributed by atoms with E-state index in [9.17, 15) is 22.8 Å². The van der Waals surface area contributed by atoms with Crippen LogP contribution in [0.5, 0.6) is 0 Å². The fraction of sp³-hybridized carbons (Fsp3) is 0.400. The largest absolute Gasteiger partial charge is 0.478 e. The maximum Gasteiger partial charge on any atom is 0.392 e. The fourth-order valence-corrected chi connectivity index (χ4v) is 0.326. The predicted octanol–water partition coefficient (Wildman–Crippen LogP) is 2.32. The van der Waals surface area contributed by atoms with Crippen LogP contribution in [0.2, 0.25) is 0 Å². The average Bonchev–Trinajstić information content (AvgIpc) is 2.16. The summed E-state index contributed by atoms with van der Waals surface area (Å²) in [6, 6.07) is 0. The first kappa shape index (κ1) is 17.6. The summed E-state index contributed by atoms with van der Waals surface area (Å²) in [4.78, 5) is 19.8. The van der Waals surface area contributed by atoms with Gasteiger partial charge in [-0.15, -0.1) is 0 Å². The zero-order valence-corrected chi connectivity index (χ0v) is 9.21. The van der Waals surface area contributed by atoms with Crippen LogP contribution < -0.4 is 0 Å². The van der Waals surface area contributed by atoms with Crippen molar-refractivity contribution in [1.29, 1.82) is 0 Å². The molecule has 7 heteroatoms. The molecule has 0 saturated heterocycles. The summed E-state index contributed by atoms with van der Waals surface area (Å²) in [5.41, 5.74) is 0.176. The third-order valence-electron chi connectivity index (χ3n) is 1.16. The molecule has 0 aliphatic carbocycles. The Kier molecular flexibility index (Phi) is 8.67. The molecule has 0 aliphatic heterocycles. The molecule has 0 bridgehead atoms. The van der Waals surface area contributed by atoms with Crippen molar-refractivity contribution in [3.8, 4) is 0 Å². The minimum absolute atomic E-state index is 0.176. The first-order chi connectivity index (χ1) is 7.60. The molecule has 0 atom stereocenters. The molecule has 4 nitrogen and oxygen atoms in total. The van der Waals surface area contributed by atoms with Gasteiger partial charge in [-0.2, -0.15) is 13.2 Å². The van der Waals surface area contributed by atoms with Crippen LogP contribution in [0.15, 0.2) is 24.8 Å². The van der Waals surface area contributed by atoms with E-state index in [1.807, 2.05) is 0 Å². The molecule has 0 rings (SSSR count). The molecule has 0 aromatic heterocycles. The first-order valence-electron chi connectivity index (χ1n) is 4.35. The standard InChI is InChI=1S/C6H7F3O2.C4H6O2/c1-2-5(10)11-4-3-6(7,8)9;1-3(2)4(5)6/h2H,1,3-4H2;1H2,2H3,(H,5,6). The maximum atomic E-state index is 11.4. The topological polar surface area (TPSA) is 63.6 Å². The summed E-state index contributed by atoms with van der Waals surface area (Å²) >= 11 is 0. The molecule has 0 radical (unpaired) electrons. The van der Waals surface area contributed by atoms with Crippen LogP contribution in [0.3, 0.4) is 0 Å². The second kappa shape index (κ2) is 8.37. The summed E-state index contributed by atoms with van der Waals surface area (Å²) in [7, 11) is 0. The second-order valence-corrected chi connectivity index (χ2v) is 2.82. The normalized spacial score (nSPS) is 9.65. The summed E-state index contributed by atoms with van der Waals surface area (Å²) in [6.07, 6.45) is -4.58. The van der Waals surface area contributed by atoms with Crippen LogP contribution in [0.1, 0.15) is 13.3 Å². The van der Waals surface area contributed by atoms with Crippen molar-refractivity contribution in [1.82, 2.24) is 0 Å². The lowest BCUT2D eigenvalue weighted by Crippen LogP contribution is -2.13. The summed E-state index contributed by atoms with van der Waals surface area (Å²) in [5.74, 6) is -1.77. The number of ether oxygens (including phenoxy) is 1. The SMILES string of the molecule is C=C(C)C(=O)O.C=CC(=O)OCCC(F)(F)F. The van der Waals surface area contributed by atoms with Crippen molar-refractivity contribution in [2.24, 2.45) is 0 Å². The summed E-state index contributed by atoms with van der Waals surface area (Å²) < 4.78 is 38.3. The van der Waals surface area contributed by atoms with Gasteiger partial charge in [-0.25, -0.2) is 9.59 Å². The van der Waals surface area contributed by atoms with E-state index in [4.69, 9.17) is 5.11 Å². The van der Waals surface area contributed by atoms with Gasteiger partial charge in [-0.05, 0) is 6.92 Å². The van der Waals surface area contributed by atoms with Crippen LogP contribution >= 0.6 is 0 Å². The predicted molar refractivity (Wildman–Crippen MR) is 54.3 cm³/mol. The van der Waals surface area contributed by atoms with E-state index < -0.39 is 31.1 Å². The summed E-state index contributed by atoms with van der Waals surface area (Å²) in [5, 5.41) is 7.89. The number of carboxylic acids is 1. The third-order valence-corrected chi connectivity index (χ3v) is 1.16. The third kappa shape index (κ3) is 16.9. The van der Waals surface area contributed by atoms with Gasteiger partial charge in [0.25, 0.3) is 0 Å². The molecule has 0 fully saturated rings. The lowest BCUT2D eigenvalue weighted by molar-refractivity contribution is -0.155. The highest BCUT2D eigenvalue weighted by molar-refractivity contribution is 5.84. The van der Waals surface area contributed by atoms with Crippen LogP contribution in [-0.4, -0.2) is 29.8 Å². The number of carbonyl (C=O) groups is 2. The Bertz CT molecular complexity index is 282. The number of alkyl halides is 3. The Hall–Kier alpha value is -1.79. The highest BCUT2D eigenvalue weighted by Crippen LogP contribution is 2.18. The van der Waals surface area contributed by atoms with E-state index >= 15 is 0 Å². The molecule has 0 heterocycles. The molecule has 0 aromatic rings. The van der Waals surface area contributed by atoms with Crippen molar-refractivity contribution < 1.29 is 32.6 Å². The number of aliphatic carboxylic acids is 1. The van der Waals surface area contributed by atoms with Gasteiger partial charge in [-0.1, -0.05) is 13.2 Å². The average molecular weight is 254 g/mol. The Morgan fingerprint density at radius 2 is 1.82 bits per heavy atom. The van der Waals surface area contributed by atoms with Crippen LogP contribution in [0.25, 0.3) is 0 Å². The molecule has 98 valence electrons. The monoisotopic (exact) mass is 254 g/mol. The van der Waals surface area contributed by atoms with Crippen molar-refractivity contribution in [3.63, 3.8) is 0 Å². The Morgan fingerprint density at radius 1 is 1.41 bits per heavy atom. The van der Waals surface area contributed by atoms with Crippen molar-refractivity contribution >= 4 is 11.9 Å². The van der Waals surface area contributed by atoms with Gasteiger partial charge in [0.15, 0.2) is 0 Å². The molecule has 0 saturated carbocycles. The van der Waals surface area contributed by atoms with Gasteiger partial charge in [0.2, 0.25) is 0 Å². The van der Waals surface area contributed by atoms with E-state index in [-0.39, 0.29) is 5.57 Å². The zero-order valence-electron chi connectivity index (χ0n) is 9.21. The molecule has 0 unspecified atom stereocenters. The molecule has 0 amide bonds. The number of rotatable bonds is 4. The van der Waals surface area contributed by atoms with Gasteiger partial charge in [0.05, 0.1) is 6.42 Å². The van der Waals surface area contributed by atoms with E-state index in [1.54, 1.807) is 0 Å². The number of hydrogen-bond acceptors (Lipinski definition) is 3. The lowest BCUT2D eigenvalue weighted by atomic mass is 10.4. The smallest absolute Gasteiger partial charge is 0.392 e. The van der Waals surface area contributed by atoms with Crippen LogP contribution in [0.4, 0.5) is 13.2 Å². The Balaban J connectivity index is 0. The highest BCUT2D eigenvalue weighted by atomic mass is 19.4. The van der Waals surface area contributed by atoms with Gasteiger partial charge >= 0.3 is 18.1 Å². The van der Waals surface area contributed by atoms with Gasteiger partial charge in [0, 0.05) is 11.6 Å². The maximum absolute atomic E-state index is 11.4. The van der Waals surface area contributed by atoms with Crippen molar-refractivity contribution in [2.45, 2.75) is 19.5 Å². The molecule has 0 aliphatic rings. The van der Waals surface area contributed by atoms with E-state index in [2.05, 4.69) is 17.9 Å². The number of esters is 1. The quantitative estimate of drug-likeness (QED) is 0.617. The number of carboxylic acid groups (broad SMARTS) is 1. The Labute approximate surface area is 96.4 Å². The van der Waals surface area contributed by atoms with Crippen molar-refractivity contribution in [2.75, 3.05) is 6.61 Å². The molecule has 0 aromatic carbocycles. The molecule has 1 N–H and O–H groups in total. The molecular formula is C10H13F3O4. The van der Waals surface area contributed by atoms with Crippen molar-refractivity contribution in [3.05, 3.63) is 24.8 Å². The second-order valence-electron chi connectivity index (χ2n) is 2.82. The van der Waals surface area contributed by atoms with E-state index in [1.165, 1.54) is 6.92 Å². The van der Waals surface area contributed by atoms with Gasteiger partial charge < -0.3 is 9.84 Å². The van der Waals surface area contributed by atoms with Crippen LogP contribution in [-0.2, 0) is 14.3 Å². The lowest BCUT2D eigenvalue weighted by Gasteiger charge is -2.04. The highest BCUT2D eigenvalue weighted by Gasteiger charge is 2.26. The van der Waals surface area contributed by atoms with Gasteiger partial charge in [-0.3, -0.25) is 0 Å². The van der Waals surface area contributed by atoms with Crippen LogP contribution in [0, 0.1) is 0 Å². The minimum Gasteiger partial charge on any atom is -0.478 e. The molecular weight excluding hydrogens is 241 g/mol. The minimum atomic E-state index is -4.28. The Morgan fingerprint density at radius 3 is 2.06 bits per heavy atom. The number of halogens is 3. The molecule has 17 heavy (non-hydrogen) atoms. The first-order valence-corrected chi connectivity index (χ1v) is 4.35. The number of carbonyl (C=O) groups excluding carboxylic acids is 1. The van der Waals surface area contributed by atoms with Gasteiger partial charge in [0.1, 0.15) is 6.61 Å². The fourth-order valence-electron chi connectivity index (χ4n) is 0.326. The van der Waals surface area contributed by atoms with E-state index in [0.29, 0.717) is 0 Å². The summed E-state index contributed by atoms with van der Waals surface area (Å²) in [6.45, 7) is 6.98. The van der Waals surface area contributed by atoms with E-state index in [0.717, 1.165) is 6.08 Å². The zero-order chi connectivity index (χ0) is 14.1. The molecule has 0 spiro atoms. The number of hydrogen-bond donors (Lipinski definition) is 1.